The number of hydrogen-bond donors (Lipinski definition) is 4. The number of H-pyrrole nitrogens is 1. The fourth-order valence-corrected chi connectivity index (χ4v) is 3.80. The molecule has 10 nitrogen and oxygen atoms in total. The van der Waals surface area contributed by atoms with Crippen molar-refractivity contribution in [2.75, 3.05) is 19.0 Å². The number of aliphatic hydroxyl groups excluding tert-OH is 3. The highest BCUT2D eigenvalue weighted by Crippen LogP contribution is 2.23. The summed E-state index contributed by atoms with van der Waals surface area (Å²) in [6, 6.07) is 7.41. The number of fused-ring (bicyclic) bond motifs is 1. The van der Waals surface area contributed by atoms with Gasteiger partial charge in [0.15, 0.2) is 16.3 Å². The topological polar surface area (TPSA) is 143 Å². The third-order valence-electron chi connectivity index (χ3n) is 4.51. The van der Waals surface area contributed by atoms with Gasteiger partial charge in [0.25, 0.3) is 5.56 Å². The highest BCUT2D eigenvalue weighted by Gasteiger charge is 2.21. The van der Waals surface area contributed by atoms with Gasteiger partial charge in [-0.05, 0) is 18.6 Å². The van der Waals surface area contributed by atoms with Crippen LogP contribution in [0.2, 0.25) is 0 Å². The molecule has 0 saturated heterocycles. The van der Waals surface area contributed by atoms with Crippen molar-refractivity contribution in [3.8, 4) is 5.75 Å². The van der Waals surface area contributed by atoms with Gasteiger partial charge in [-0.25, -0.2) is 9.78 Å². The van der Waals surface area contributed by atoms with E-state index in [0.29, 0.717) is 10.9 Å². The highest BCUT2D eigenvalue weighted by molar-refractivity contribution is 7.99. The number of thioether (sulfide) groups is 1. The monoisotopic (exact) mass is 436 g/mol. The predicted molar refractivity (Wildman–Crippen MR) is 112 cm³/mol. The largest absolute Gasteiger partial charge is 0.491 e. The lowest BCUT2D eigenvalue weighted by atomic mass is 10.2. The number of aromatic nitrogens is 4. The van der Waals surface area contributed by atoms with Crippen molar-refractivity contribution in [2.24, 2.45) is 7.05 Å². The van der Waals surface area contributed by atoms with Crippen LogP contribution in [-0.2, 0) is 13.6 Å². The molecule has 0 fully saturated rings. The minimum atomic E-state index is -0.973. The normalized spacial score (nSPS) is 13.5. The zero-order valence-corrected chi connectivity index (χ0v) is 17.4. The number of benzene rings is 1. The summed E-state index contributed by atoms with van der Waals surface area (Å²) in [5.41, 5.74) is -0.00189. The van der Waals surface area contributed by atoms with Crippen molar-refractivity contribution in [2.45, 2.75) is 30.8 Å². The third-order valence-corrected chi connectivity index (χ3v) is 5.63. The second-order valence-corrected chi connectivity index (χ2v) is 7.86. The molecule has 0 aliphatic rings. The maximum atomic E-state index is 12.4. The quantitative estimate of drug-likeness (QED) is 0.333. The zero-order chi connectivity index (χ0) is 21.8. The number of nitrogens with one attached hydrogen (secondary N) is 1. The van der Waals surface area contributed by atoms with Crippen LogP contribution in [0.15, 0.2) is 39.0 Å². The van der Waals surface area contributed by atoms with Crippen LogP contribution in [-0.4, -0.2) is 65.6 Å². The lowest BCUT2D eigenvalue weighted by Gasteiger charge is -2.16. The Kier molecular flexibility index (Phi) is 6.98. The molecule has 0 spiro atoms. The van der Waals surface area contributed by atoms with Gasteiger partial charge in [0.2, 0.25) is 0 Å². The summed E-state index contributed by atoms with van der Waals surface area (Å²) in [6.07, 6.45) is -1.94. The standard InChI is InChI=1S/C19H24N4O6S/c1-11-5-3-4-6-14(11)29-9-12(25)7-23-15-16(22(2)18(28)21-17(15)27)20-19(23)30-10-13(26)8-24/h3-6,12-13,24-26H,7-10H2,1-2H3,(H,21,27,28). The summed E-state index contributed by atoms with van der Waals surface area (Å²) >= 11 is 1.11. The first-order valence-electron chi connectivity index (χ1n) is 9.29. The van der Waals surface area contributed by atoms with E-state index in [4.69, 9.17) is 9.84 Å². The number of aryl methyl sites for hydroxylation is 2. The van der Waals surface area contributed by atoms with E-state index in [0.717, 1.165) is 17.3 Å². The Bertz CT molecular complexity index is 1140. The summed E-state index contributed by atoms with van der Waals surface area (Å²) in [5.74, 6) is 0.773. The first-order chi connectivity index (χ1) is 14.3. The van der Waals surface area contributed by atoms with E-state index < -0.39 is 30.1 Å². The molecule has 0 aliphatic carbocycles. The van der Waals surface area contributed by atoms with Crippen LogP contribution in [0.1, 0.15) is 5.56 Å². The summed E-state index contributed by atoms with van der Waals surface area (Å²) < 4.78 is 8.38. The molecule has 0 amide bonds. The maximum absolute atomic E-state index is 12.4. The van der Waals surface area contributed by atoms with E-state index in [2.05, 4.69) is 9.97 Å². The molecule has 30 heavy (non-hydrogen) atoms. The molecular weight excluding hydrogens is 412 g/mol. The maximum Gasteiger partial charge on any atom is 0.329 e. The molecule has 0 bridgehead atoms. The van der Waals surface area contributed by atoms with Crippen molar-refractivity contribution in [3.63, 3.8) is 0 Å². The van der Waals surface area contributed by atoms with E-state index in [-0.39, 0.29) is 30.1 Å². The predicted octanol–water partition coefficient (Wildman–Crippen LogP) is -0.383. The van der Waals surface area contributed by atoms with Crippen LogP contribution in [0.4, 0.5) is 0 Å². The average Bonchev–Trinajstić information content (AvgIpc) is 3.08. The van der Waals surface area contributed by atoms with Crippen molar-refractivity contribution in [1.82, 2.24) is 19.1 Å². The molecule has 162 valence electrons. The second kappa shape index (κ2) is 9.47. The van der Waals surface area contributed by atoms with Crippen LogP contribution < -0.4 is 16.0 Å². The Labute approximate surface area is 175 Å². The van der Waals surface area contributed by atoms with Gasteiger partial charge in [-0.15, -0.1) is 0 Å². The minimum Gasteiger partial charge on any atom is -0.491 e. The van der Waals surface area contributed by atoms with Crippen molar-refractivity contribution in [3.05, 3.63) is 50.7 Å². The number of ether oxygens (including phenoxy) is 1. The molecule has 0 aliphatic heterocycles. The van der Waals surface area contributed by atoms with E-state index >= 15 is 0 Å². The van der Waals surface area contributed by atoms with Crippen LogP contribution in [0, 0.1) is 6.92 Å². The van der Waals surface area contributed by atoms with E-state index in [1.54, 1.807) is 6.07 Å². The Morgan fingerprint density at radius 2 is 1.97 bits per heavy atom. The third kappa shape index (κ3) is 4.75. The summed E-state index contributed by atoms with van der Waals surface area (Å²) in [4.78, 5) is 30.9. The molecule has 3 rings (SSSR count). The molecule has 4 N–H and O–H groups in total. The summed E-state index contributed by atoms with van der Waals surface area (Å²) in [7, 11) is 1.48. The molecule has 2 aromatic heterocycles. The van der Waals surface area contributed by atoms with Gasteiger partial charge in [-0.1, -0.05) is 30.0 Å². The van der Waals surface area contributed by atoms with Crippen molar-refractivity contribution in [1.29, 1.82) is 0 Å². The minimum absolute atomic E-state index is 0.0127. The van der Waals surface area contributed by atoms with Crippen LogP contribution in [0.25, 0.3) is 11.2 Å². The Morgan fingerprint density at radius 3 is 2.67 bits per heavy atom. The van der Waals surface area contributed by atoms with Gasteiger partial charge in [0.05, 0.1) is 19.3 Å². The van der Waals surface area contributed by atoms with Crippen LogP contribution >= 0.6 is 11.8 Å². The number of rotatable bonds is 9. The van der Waals surface area contributed by atoms with Gasteiger partial charge < -0.3 is 24.6 Å². The van der Waals surface area contributed by atoms with Crippen molar-refractivity contribution >= 4 is 22.9 Å². The van der Waals surface area contributed by atoms with Gasteiger partial charge in [-0.3, -0.25) is 14.3 Å². The van der Waals surface area contributed by atoms with Gasteiger partial charge in [0.1, 0.15) is 18.5 Å². The number of imidazole rings is 1. The molecule has 1 aromatic carbocycles. The molecule has 2 unspecified atom stereocenters. The van der Waals surface area contributed by atoms with Gasteiger partial charge in [-0.2, -0.15) is 0 Å². The number of nitrogens with zero attached hydrogens (tertiary/aromatic N) is 3. The smallest absolute Gasteiger partial charge is 0.329 e. The first-order valence-corrected chi connectivity index (χ1v) is 10.3. The van der Waals surface area contributed by atoms with Crippen LogP contribution in [0.3, 0.4) is 0 Å². The molecule has 11 heteroatoms. The fraction of sp³-hybridized carbons (Fsp3) is 0.421. The molecule has 3 aromatic rings. The molecule has 0 saturated carbocycles. The molecule has 2 heterocycles. The molecule has 0 radical (unpaired) electrons. The number of para-hydroxylation sites is 1. The van der Waals surface area contributed by atoms with E-state index in [9.17, 15) is 19.8 Å². The van der Waals surface area contributed by atoms with Gasteiger partial charge >= 0.3 is 5.69 Å². The zero-order valence-electron chi connectivity index (χ0n) is 16.6. The number of hydrogen-bond acceptors (Lipinski definition) is 8. The number of aromatic amines is 1. The average molecular weight is 436 g/mol. The van der Waals surface area contributed by atoms with E-state index in [1.807, 2.05) is 25.1 Å². The van der Waals surface area contributed by atoms with Crippen LogP contribution in [0.5, 0.6) is 5.75 Å². The SMILES string of the molecule is Cc1ccccc1OCC(O)Cn1c(SCC(O)CO)nc2c1c(=O)[nH]c(=O)n2C. The van der Waals surface area contributed by atoms with E-state index in [1.165, 1.54) is 16.2 Å². The lowest BCUT2D eigenvalue weighted by molar-refractivity contribution is 0.0910. The second-order valence-electron chi connectivity index (χ2n) is 6.87. The van der Waals surface area contributed by atoms with Gasteiger partial charge in [0, 0.05) is 12.8 Å². The Balaban J connectivity index is 1.90. The number of aliphatic hydroxyl groups is 3. The van der Waals surface area contributed by atoms with Crippen molar-refractivity contribution < 1.29 is 20.1 Å². The summed E-state index contributed by atoms with van der Waals surface area (Å²) in [5, 5.41) is 29.6. The molecular formula is C19H24N4O6S. The fourth-order valence-electron chi connectivity index (χ4n) is 2.89. The highest BCUT2D eigenvalue weighted by atomic mass is 32.2. The molecule has 2 atom stereocenters. The lowest BCUT2D eigenvalue weighted by Crippen LogP contribution is -2.30. The summed E-state index contributed by atoms with van der Waals surface area (Å²) in [6.45, 7) is 1.45. The Morgan fingerprint density at radius 1 is 1.23 bits per heavy atom. The first kappa shape index (κ1) is 22.1. The Hall–Kier alpha value is -2.60.